The van der Waals surface area contributed by atoms with E-state index < -0.39 is 0 Å². The van der Waals surface area contributed by atoms with Crippen LogP contribution in [-0.2, 0) is 0 Å². The van der Waals surface area contributed by atoms with Crippen molar-refractivity contribution in [3.05, 3.63) is 29.2 Å². The molecule has 0 saturated heterocycles. The summed E-state index contributed by atoms with van der Waals surface area (Å²) in [6.07, 6.45) is 0. The fraction of sp³-hybridized carbons (Fsp3) is 0.273. The van der Waals surface area contributed by atoms with E-state index in [-0.39, 0.29) is 0 Å². The summed E-state index contributed by atoms with van der Waals surface area (Å²) in [5.74, 6) is 8.05. The molecule has 0 aliphatic carbocycles. The summed E-state index contributed by atoms with van der Waals surface area (Å²) < 4.78 is 5.47. The molecule has 0 fully saturated rings. The molecule has 0 aliphatic heterocycles. The minimum atomic E-state index is 0.546. The normalized spacial score (nSPS) is 10.5. The van der Waals surface area contributed by atoms with Crippen LogP contribution in [0.3, 0.4) is 0 Å². The van der Waals surface area contributed by atoms with Crippen molar-refractivity contribution in [3.63, 3.8) is 0 Å². The van der Waals surface area contributed by atoms with Gasteiger partial charge in [0.2, 0.25) is 0 Å². The number of hydrogen-bond donors (Lipinski definition) is 2. The molecular formula is C11H14N4O. The molecule has 5 heteroatoms. The number of nitrogens with one attached hydrogen (secondary N) is 1. The van der Waals surface area contributed by atoms with Crippen LogP contribution in [-0.4, -0.2) is 9.97 Å². The van der Waals surface area contributed by atoms with E-state index in [4.69, 9.17) is 10.3 Å². The van der Waals surface area contributed by atoms with Crippen molar-refractivity contribution in [3.8, 4) is 11.6 Å². The van der Waals surface area contributed by atoms with Crippen LogP contribution in [0.2, 0.25) is 0 Å². The first kappa shape index (κ1) is 10.6. The van der Waals surface area contributed by atoms with Gasteiger partial charge in [0.1, 0.15) is 11.6 Å². The Balaban J connectivity index is 2.54. The van der Waals surface area contributed by atoms with Gasteiger partial charge in [-0.2, -0.15) is 0 Å². The Kier molecular flexibility index (Phi) is 2.62. The number of aromatic nitrogens is 2. The average Bonchev–Trinajstić information content (AvgIpc) is 2.69. The maximum Gasteiger partial charge on any atom is 0.197 e. The molecule has 0 amide bonds. The van der Waals surface area contributed by atoms with Gasteiger partial charge in [-0.1, -0.05) is 0 Å². The fourth-order valence-corrected chi connectivity index (χ4v) is 1.43. The van der Waals surface area contributed by atoms with Gasteiger partial charge in [-0.15, -0.1) is 0 Å². The molecule has 84 valence electrons. The minimum absolute atomic E-state index is 0.546. The lowest BCUT2D eigenvalue weighted by Gasteiger charge is -2.07. The highest BCUT2D eigenvalue weighted by Gasteiger charge is 2.11. The van der Waals surface area contributed by atoms with E-state index in [1.54, 1.807) is 0 Å². The molecule has 2 rings (SSSR count). The number of hydrogen-bond acceptors (Lipinski definition) is 5. The van der Waals surface area contributed by atoms with Gasteiger partial charge in [0, 0.05) is 11.3 Å². The zero-order valence-corrected chi connectivity index (χ0v) is 9.53. The van der Waals surface area contributed by atoms with Gasteiger partial charge in [0.05, 0.1) is 0 Å². The Morgan fingerprint density at radius 2 is 1.94 bits per heavy atom. The van der Waals surface area contributed by atoms with Crippen LogP contribution >= 0.6 is 0 Å². The van der Waals surface area contributed by atoms with Crippen LogP contribution in [0.25, 0.3) is 11.6 Å². The van der Waals surface area contributed by atoms with Crippen LogP contribution in [0.5, 0.6) is 0 Å². The van der Waals surface area contributed by atoms with E-state index in [9.17, 15) is 0 Å². The van der Waals surface area contributed by atoms with Crippen molar-refractivity contribution in [1.82, 2.24) is 9.97 Å². The van der Waals surface area contributed by atoms with Gasteiger partial charge in [0.25, 0.3) is 0 Å². The monoisotopic (exact) mass is 218 g/mol. The van der Waals surface area contributed by atoms with Gasteiger partial charge in [-0.3, -0.25) is 0 Å². The Labute approximate surface area is 93.7 Å². The third-order valence-electron chi connectivity index (χ3n) is 2.49. The molecule has 0 unspecified atom stereocenters. The van der Waals surface area contributed by atoms with Crippen molar-refractivity contribution in [2.45, 2.75) is 20.8 Å². The second-order valence-corrected chi connectivity index (χ2v) is 3.66. The molecule has 0 spiro atoms. The summed E-state index contributed by atoms with van der Waals surface area (Å²) in [5.41, 5.74) is 4.38. The van der Waals surface area contributed by atoms with Gasteiger partial charge in [0.15, 0.2) is 11.6 Å². The Bertz CT molecular complexity index is 519. The predicted molar refractivity (Wildman–Crippen MR) is 61.8 cm³/mol. The molecule has 0 atom stereocenters. The largest absolute Gasteiger partial charge is 0.458 e. The molecule has 2 aromatic rings. The molecule has 0 aromatic carbocycles. The van der Waals surface area contributed by atoms with Crippen LogP contribution in [0.4, 0.5) is 5.82 Å². The zero-order chi connectivity index (χ0) is 11.7. The first-order chi connectivity index (χ1) is 7.61. The van der Waals surface area contributed by atoms with Crippen molar-refractivity contribution in [1.29, 1.82) is 0 Å². The van der Waals surface area contributed by atoms with Gasteiger partial charge in [-0.05, 0) is 32.9 Å². The minimum Gasteiger partial charge on any atom is -0.458 e. The highest BCUT2D eigenvalue weighted by Crippen LogP contribution is 2.22. The highest BCUT2D eigenvalue weighted by molar-refractivity contribution is 5.54. The molecule has 5 nitrogen and oxygen atoms in total. The Morgan fingerprint density at radius 3 is 2.50 bits per heavy atom. The zero-order valence-electron chi connectivity index (χ0n) is 9.53. The van der Waals surface area contributed by atoms with Crippen LogP contribution in [0, 0.1) is 20.8 Å². The summed E-state index contributed by atoms with van der Waals surface area (Å²) >= 11 is 0. The standard InChI is InChI=1S/C11H14N4O/c1-6-4-5-9(16-6)11-13-8(3)7(2)10(14-11)15-12/h4-5H,12H2,1-3H3,(H,13,14,15). The third kappa shape index (κ3) is 1.77. The summed E-state index contributed by atoms with van der Waals surface area (Å²) in [4.78, 5) is 8.66. The molecule has 0 saturated carbocycles. The van der Waals surface area contributed by atoms with E-state index >= 15 is 0 Å². The summed E-state index contributed by atoms with van der Waals surface area (Å²) in [6.45, 7) is 5.71. The molecule has 3 N–H and O–H groups in total. The summed E-state index contributed by atoms with van der Waals surface area (Å²) in [7, 11) is 0. The Hall–Kier alpha value is -1.88. The molecule has 16 heavy (non-hydrogen) atoms. The smallest absolute Gasteiger partial charge is 0.197 e. The molecule has 0 radical (unpaired) electrons. The number of furan rings is 1. The number of hydrazine groups is 1. The number of nitrogen functional groups attached to an aromatic ring is 1. The number of anilines is 1. The first-order valence-electron chi connectivity index (χ1n) is 5.00. The topological polar surface area (TPSA) is 77.0 Å². The maximum absolute atomic E-state index is 5.47. The van der Waals surface area contributed by atoms with Crippen LogP contribution in [0.1, 0.15) is 17.0 Å². The van der Waals surface area contributed by atoms with E-state index in [0.29, 0.717) is 17.4 Å². The van der Waals surface area contributed by atoms with E-state index in [1.807, 2.05) is 32.9 Å². The lowest BCUT2D eigenvalue weighted by atomic mass is 10.2. The van der Waals surface area contributed by atoms with Crippen LogP contribution < -0.4 is 11.3 Å². The molecule has 0 bridgehead atoms. The van der Waals surface area contributed by atoms with E-state index in [2.05, 4.69) is 15.4 Å². The molecule has 2 aromatic heterocycles. The SMILES string of the molecule is Cc1ccc(-c2nc(C)c(C)c(NN)n2)o1. The molecular weight excluding hydrogens is 204 g/mol. The van der Waals surface area contributed by atoms with Gasteiger partial charge < -0.3 is 9.84 Å². The number of nitrogens with zero attached hydrogens (tertiary/aromatic N) is 2. The fourth-order valence-electron chi connectivity index (χ4n) is 1.43. The van der Waals surface area contributed by atoms with E-state index in [1.165, 1.54) is 0 Å². The van der Waals surface area contributed by atoms with Gasteiger partial charge >= 0.3 is 0 Å². The van der Waals surface area contributed by atoms with Crippen LogP contribution in [0.15, 0.2) is 16.5 Å². The van der Waals surface area contributed by atoms with Gasteiger partial charge in [-0.25, -0.2) is 15.8 Å². The number of rotatable bonds is 2. The lowest BCUT2D eigenvalue weighted by molar-refractivity contribution is 0.544. The third-order valence-corrected chi connectivity index (χ3v) is 2.49. The summed E-state index contributed by atoms with van der Waals surface area (Å²) in [6, 6.07) is 3.73. The Morgan fingerprint density at radius 1 is 1.19 bits per heavy atom. The van der Waals surface area contributed by atoms with Crippen molar-refractivity contribution >= 4 is 5.82 Å². The first-order valence-corrected chi connectivity index (χ1v) is 5.00. The quantitative estimate of drug-likeness (QED) is 0.595. The number of aryl methyl sites for hydroxylation is 2. The predicted octanol–water partition coefficient (Wildman–Crippen LogP) is 1.95. The highest BCUT2D eigenvalue weighted by atomic mass is 16.3. The maximum atomic E-state index is 5.47. The second kappa shape index (κ2) is 3.94. The summed E-state index contributed by atoms with van der Waals surface area (Å²) in [5, 5.41) is 0. The second-order valence-electron chi connectivity index (χ2n) is 3.66. The molecule has 0 aliphatic rings. The van der Waals surface area contributed by atoms with E-state index in [0.717, 1.165) is 17.0 Å². The van der Waals surface area contributed by atoms with Crippen molar-refractivity contribution in [2.75, 3.05) is 5.43 Å². The van der Waals surface area contributed by atoms with Crippen molar-refractivity contribution < 1.29 is 4.42 Å². The lowest BCUT2D eigenvalue weighted by Crippen LogP contribution is -2.12. The van der Waals surface area contributed by atoms with Crippen molar-refractivity contribution in [2.24, 2.45) is 5.84 Å². The molecule has 2 heterocycles. The number of nitrogens with two attached hydrogens (primary N) is 1. The average molecular weight is 218 g/mol.